The van der Waals surface area contributed by atoms with Gasteiger partial charge in [-0.25, -0.2) is 9.97 Å². The van der Waals surface area contributed by atoms with E-state index in [1.54, 1.807) is 31.2 Å². The Labute approximate surface area is 198 Å². The highest BCUT2D eigenvalue weighted by atomic mass is 32.2. The average molecular weight is 464 g/mol. The van der Waals surface area contributed by atoms with Crippen molar-refractivity contribution in [3.05, 3.63) is 54.0 Å². The normalized spacial score (nSPS) is 27.1. The van der Waals surface area contributed by atoms with E-state index >= 15 is 0 Å². The summed E-state index contributed by atoms with van der Waals surface area (Å²) in [7, 11) is 1.77. The first-order valence-corrected chi connectivity index (χ1v) is 12.0. The first-order valence-electron chi connectivity index (χ1n) is 11.2. The van der Waals surface area contributed by atoms with Crippen LogP contribution in [-0.4, -0.2) is 65.2 Å². The van der Waals surface area contributed by atoms with Crippen LogP contribution in [0.1, 0.15) is 19.8 Å². The number of fused-ring (bicyclic) bond motifs is 1. The van der Waals surface area contributed by atoms with E-state index < -0.39 is 0 Å². The molecule has 0 aromatic carbocycles. The second-order valence-electron chi connectivity index (χ2n) is 8.72. The third kappa shape index (κ3) is 3.84. The van der Waals surface area contributed by atoms with E-state index in [1.807, 2.05) is 30.7 Å². The van der Waals surface area contributed by atoms with Crippen LogP contribution in [0.2, 0.25) is 0 Å². The quantitative estimate of drug-likeness (QED) is 0.700. The molecule has 33 heavy (non-hydrogen) atoms. The molecule has 2 N–H and O–H groups in total. The van der Waals surface area contributed by atoms with Crippen LogP contribution < -0.4 is 10.6 Å². The molecule has 9 heteroatoms. The molecule has 1 spiro atoms. The molecule has 0 saturated carbocycles. The molecule has 172 valence electrons. The fourth-order valence-corrected chi connectivity index (χ4v) is 5.86. The van der Waals surface area contributed by atoms with Gasteiger partial charge in [0.15, 0.2) is 5.65 Å². The van der Waals surface area contributed by atoms with Gasteiger partial charge in [0.2, 0.25) is 5.95 Å². The standard InChI is InChI=1S/C24H29N7OS/c1-4-19(17-5-8-27-13-18(17)26-3)33-20-14-29-23(31-12-9-28-22(20)31)30-10-6-24(7-11-30)15-32-16(2)21(24)25/h4-5,8-9,12-14,16,21H,1,6-7,10-11,15,25H2,2-3H3/b19-17+,26-18?/t16-,21+/m0/s1. The van der Waals surface area contributed by atoms with E-state index in [0.29, 0.717) is 0 Å². The molecule has 2 aromatic heterocycles. The minimum Gasteiger partial charge on any atom is -0.376 e. The van der Waals surface area contributed by atoms with Gasteiger partial charge in [-0.3, -0.25) is 14.4 Å². The highest BCUT2D eigenvalue weighted by molar-refractivity contribution is 8.03. The first kappa shape index (κ1) is 22.1. The van der Waals surface area contributed by atoms with Gasteiger partial charge in [0.05, 0.1) is 29.5 Å². The van der Waals surface area contributed by atoms with Crippen LogP contribution in [-0.2, 0) is 4.74 Å². The van der Waals surface area contributed by atoms with Crippen molar-refractivity contribution in [3.63, 3.8) is 0 Å². The lowest BCUT2D eigenvalue weighted by Gasteiger charge is -2.41. The van der Waals surface area contributed by atoms with Gasteiger partial charge in [-0.05, 0) is 25.8 Å². The topological polar surface area (TPSA) is 93.4 Å². The van der Waals surface area contributed by atoms with Crippen molar-refractivity contribution < 1.29 is 4.74 Å². The smallest absolute Gasteiger partial charge is 0.211 e. The average Bonchev–Trinajstić information content (AvgIpc) is 3.45. The van der Waals surface area contributed by atoms with Crippen LogP contribution in [0.5, 0.6) is 0 Å². The fraction of sp³-hybridized carbons (Fsp3) is 0.417. The minimum absolute atomic E-state index is 0.0835. The van der Waals surface area contributed by atoms with Gasteiger partial charge in [-0.2, -0.15) is 0 Å². The predicted octanol–water partition coefficient (Wildman–Crippen LogP) is 3.26. The number of nitrogens with zero attached hydrogens (tertiary/aromatic N) is 6. The molecule has 2 atom stereocenters. The van der Waals surface area contributed by atoms with Crippen LogP contribution in [0, 0.1) is 5.41 Å². The summed E-state index contributed by atoms with van der Waals surface area (Å²) >= 11 is 1.59. The zero-order valence-electron chi connectivity index (χ0n) is 19.0. The Morgan fingerprint density at radius 3 is 2.88 bits per heavy atom. The summed E-state index contributed by atoms with van der Waals surface area (Å²) in [6.07, 6.45) is 15.2. The number of aliphatic imine (C=N–C) groups is 2. The van der Waals surface area contributed by atoms with Gasteiger partial charge < -0.3 is 15.4 Å². The summed E-state index contributed by atoms with van der Waals surface area (Å²) in [5.41, 5.74) is 9.28. The molecule has 5 heterocycles. The van der Waals surface area contributed by atoms with E-state index in [0.717, 1.165) is 65.2 Å². The van der Waals surface area contributed by atoms with Crippen LogP contribution >= 0.6 is 11.8 Å². The van der Waals surface area contributed by atoms with Crippen molar-refractivity contribution in [3.8, 4) is 0 Å². The summed E-state index contributed by atoms with van der Waals surface area (Å²) in [6.45, 7) is 8.66. The lowest BCUT2D eigenvalue weighted by molar-refractivity contribution is 0.0973. The molecule has 0 unspecified atom stereocenters. The van der Waals surface area contributed by atoms with Crippen LogP contribution in [0.25, 0.3) is 5.65 Å². The molecule has 8 nitrogen and oxygen atoms in total. The lowest BCUT2D eigenvalue weighted by Crippen LogP contribution is -2.51. The van der Waals surface area contributed by atoms with Crippen molar-refractivity contribution in [2.75, 3.05) is 31.6 Å². The van der Waals surface area contributed by atoms with Crippen molar-refractivity contribution >= 4 is 35.3 Å². The number of aromatic nitrogens is 3. The number of piperidine rings is 1. The Balaban J connectivity index is 1.41. The largest absolute Gasteiger partial charge is 0.376 e. The number of nitrogens with two attached hydrogens (primary N) is 1. The van der Waals surface area contributed by atoms with Crippen molar-refractivity contribution in [1.29, 1.82) is 0 Å². The Hall–Kier alpha value is -2.75. The van der Waals surface area contributed by atoms with E-state index in [1.165, 1.54) is 0 Å². The van der Waals surface area contributed by atoms with E-state index in [4.69, 9.17) is 15.5 Å². The second-order valence-corrected chi connectivity index (χ2v) is 9.81. The van der Waals surface area contributed by atoms with Crippen molar-refractivity contribution in [1.82, 2.24) is 14.4 Å². The van der Waals surface area contributed by atoms with Gasteiger partial charge in [0, 0.05) is 66.9 Å². The van der Waals surface area contributed by atoms with Crippen molar-refractivity contribution in [2.45, 2.75) is 36.8 Å². The summed E-state index contributed by atoms with van der Waals surface area (Å²) in [6, 6.07) is 0.0976. The van der Waals surface area contributed by atoms with E-state index in [-0.39, 0.29) is 17.6 Å². The third-order valence-electron chi connectivity index (χ3n) is 6.97. The molecule has 0 aliphatic carbocycles. The third-order valence-corrected chi connectivity index (χ3v) is 8.09. The van der Waals surface area contributed by atoms with Gasteiger partial charge in [0.1, 0.15) is 0 Å². The SMILES string of the molecule is C=C/C(Sc1cnc(N2CCC3(CC2)CO[C@@H](C)[C@H]3N)n2ccnc12)=C1/C=CN=CC1=NC. The predicted molar refractivity (Wildman–Crippen MR) is 134 cm³/mol. The zero-order chi connectivity index (χ0) is 23.0. The number of hydrogen-bond donors (Lipinski definition) is 1. The Morgan fingerprint density at radius 2 is 2.18 bits per heavy atom. The molecule has 5 rings (SSSR count). The number of thioether (sulfide) groups is 1. The number of imidazole rings is 1. The highest BCUT2D eigenvalue weighted by Crippen LogP contribution is 2.42. The number of allylic oxidation sites excluding steroid dienone is 3. The highest BCUT2D eigenvalue weighted by Gasteiger charge is 2.47. The molecule has 0 amide bonds. The van der Waals surface area contributed by atoms with Gasteiger partial charge in [-0.15, -0.1) is 0 Å². The molecule has 3 aliphatic rings. The maximum absolute atomic E-state index is 6.50. The summed E-state index contributed by atoms with van der Waals surface area (Å²) < 4.78 is 7.95. The molecule has 0 radical (unpaired) electrons. The summed E-state index contributed by atoms with van der Waals surface area (Å²) in [5, 5.41) is 0. The molecule has 3 aliphatic heterocycles. The minimum atomic E-state index is 0.0835. The number of ether oxygens (including phenoxy) is 1. The molecular weight excluding hydrogens is 434 g/mol. The summed E-state index contributed by atoms with van der Waals surface area (Å²) in [5.74, 6) is 0.913. The number of anilines is 1. The second kappa shape index (κ2) is 8.89. The van der Waals surface area contributed by atoms with Crippen LogP contribution in [0.15, 0.2) is 68.9 Å². The van der Waals surface area contributed by atoms with E-state index in [2.05, 4.69) is 37.8 Å². The summed E-state index contributed by atoms with van der Waals surface area (Å²) in [4.78, 5) is 22.3. The Bertz CT molecular complexity index is 1190. The molecule has 2 aromatic rings. The fourth-order valence-electron chi connectivity index (χ4n) is 4.91. The zero-order valence-corrected chi connectivity index (χ0v) is 19.8. The van der Waals surface area contributed by atoms with Gasteiger partial charge in [0.25, 0.3) is 0 Å². The Kier molecular flexibility index (Phi) is 5.94. The molecular formula is C24H29N7OS. The number of hydrogen-bond acceptors (Lipinski definition) is 8. The maximum Gasteiger partial charge on any atom is 0.211 e. The molecule has 2 saturated heterocycles. The number of rotatable bonds is 4. The van der Waals surface area contributed by atoms with Crippen molar-refractivity contribution in [2.24, 2.45) is 21.1 Å². The van der Waals surface area contributed by atoms with Crippen LogP contribution in [0.4, 0.5) is 5.95 Å². The monoisotopic (exact) mass is 463 g/mol. The van der Waals surface area contributed by atoms with Gasteiger partial charge in [-0.1, -0.05) is 24.4 Å². The molecule has 2 fully saturated rings. The van der Waals surface area contributed by atoms with Gasteiger partial charge >= 0.3 is 0 Å². The first-order chi connectivity index (χ1) is 16.1. The molecule has 0 bridgehead atoms. The lowest BCUT2D eigenvalue weighted by atomic mass is 9.73. The van der Waals surface area contributed by atoms with E-state index in [9.17, 15) is 0 Å². The van der Waals surface area contributed by atoms with Crippen LogP contribution in [0.3, 0.4) is 0 Å². The maximum atomic E-state index is 6.50. The Morgan fingerprint density at radius 1 is 1.36 bits per heavy atom.